The fraction of sp³-hybridized carbons (Fsp3) is 0.0833. The minimum Gasteiger partial charge on any atom is -0.307 e. The Balaban J connectivity index is 2.05. The van der Waals surface area contributed by atoms with E-state index in [2.05, 4.69) is 76.9 Å². The zero-order chi connectivity index (χ0) is 18.6. The molecule has 0 radical (unpaired) electrons. The van der Waals surface area contributed by atoms with E-state index in [1.165, 1.54) is 59.9 Å². The molecule has 7 rings (SSSR count). The lowest BCUT2D eigenvalue weighted by Crippen LogP contribution is -2.29. The van der Waals surface area contributed by atoms with Crippen molar-refractivity contribution in [2.75, 3.05) is 0 Å². The summed E-state index contributed by atoms with van der Waals surface area (Å²) >= 11 is 1.73. The molecule has 0 aliphatic heterocycles. The first kappa shape index (κ1) is 14.8. The highest BCUT2D eigenvalue weighted by atomic mass is 32.1. The number of aromatic nitrogens is 3. The molecule has 132 valence electrons. The quantitative estimate of drug-likeness (QED) is 0.187. The standard InChI is InChI=1S/C24H16N3S/c1-13-14-7-3-4-8-15(14)20-16-9-5-6-10-17(16)27-18-11-28-24-21(18)22(19(13)23(20)27)26(2)12-25-24/h3-12H,1-2H3/q+1. The number of para-hydroxylation sites is 1. The van der Waals surface area contributed by atoms with E-state index in [0.29, 0.717) is 0 Å². The molecule has 0 bridgehead atoms. The molecule has 0 aliphatic rings. The summed E-state index contributed by atoms with van der Waals surface area (Å²) in [6.45, 7) is 2.27. The third kappa shape index (κ3) is 1.50. The Morgan fingerprint density at radius 3 is 2.46 bits per heavy atom. The molecule has 4 aromatic heterocycles. The Labute approximate surface area is 164 Å². The van der Waals surface area contributed by atoms with Gasteiger partial charge in [0.25, 0.3) is 6.33 Å². The summed E-state index contributed by atoms with van der Waals surface area (Å²) in [6.07, 6.45) is 1.96. The molecule has 3 aromatic carbocycles. The second-order valence-electron chi connectivity index (χ2n) is 7.63. The van der Waals surface area contributed by atoms with E-state index in [-0.39, 0.29) is 0 Å². The van der Waals surface area contributed by atoms with E-state index in [1.807, 2.05) is 6.33 Å². The first-order chi connectivity index (χ1) is 13.8. The van der Waals surface area contributed by atoms with Gasteiger partial charge in [-0.1, -0.05) is 53.8 Å². The fourth-order valence-corrected chi connectivity index (χ4v) is 6.00. The van der Waals surface area contributed by atoms with Gasteiger partial charge in [0.05, 0.1) is 29.0 Å². The van der Waals surface area contributed by atoms with Crippen LogP contribution in [0, 0.1) is 6.92 Å². The zero-order valence-corrected chi connectivity index (χ0v) is 16.3. The third-order valence-electron chi connectivity index (χ3n) is 6.25. The van der Waals surface area contributed by atoms with Gasteiger partial charge in [0.15, 0.2) is 5.52 Å². The van der Waals surface area contributed by atoms with Gasteiger partial charge < -0.3 is 4.40 Å². The Morgan fingerprint density at radius 2 is 1.61 bits per heavy atom. The summed E-state index contributed by atoms with van der Waals surface area (Å²) in [4.78, 5) is 5.81. The lowest BCUT2D eigenvalue weighted by atomic mass is 9.95. The van der Waals surface area contributed by atoms with Crippen LogP contribution < -0.4 is 4.57 Å². The van der Waals surface area contributed by atoms with Gasteiger partial charge in [-0.25, -0.2) is 4.57 Å². The predicted molar refractivity (Wildman–Crippen MR) is 118 cm³/mol. The molecule has 28 heavy (non-hydrogen) atoms. The number of rotatable bonds is 0. The van der Waals surface area contributed by atoms with Crippen LogP contribution >= 0.6 is 11.3 Å². The first-order valence-corrected chi connectivity index (χ1v) is 10.3. The molecule has 0 saturated heterocycles. The number of fused-ring (bicyclic) bond motifs is 7. The van der Waals surface area contributed by atoms with E-state index in [4.69, 9.17) is 4.98 Å². The molecule has 0 saturated carbocycles. The molecular formula is C24H16N3S+. The first-order valence-electron chi connectivity index (χ1n) is 9.46. The summed E-state index contributed by atoms with van der Waals surface area (Å²) in [6, 6.07) is 17.6. The molecule has 4 heteroatoms. The average molecular weight is 378 g/mol. The lowest BCUT2D eigenvalue weighted by Gasteiger charge is -2.13. The summed E-state index contributed by atoms with van der Waals surface area (Å²) in [7, 11) is 2.11. The Bertz CT molecular complexity index is 1700. The Kier molecular flexibility index (Phi) is 2.52. The van der Waals surface area contributed by atoms with Crippen LogP contribution in [0.3, 0.4) is 0 Å². The van der Waals surface area contributed by atoms with Crippen molar-refractivity contribution in [1.82, 2.24) is 9.38 Å². The monoisotopic (exact) mass is 378 g/mol. The molecule has 0 N–H and O–H groups in total. The molecule has 0 amide bonds. The maximum Gasteiger partial charge on any atom is 0.288 e. The predicted octanol–water partition coefficient (Wildman–Crippen LogP) is 5.73. The summed E-state index contributed by atoms with van der Waals surface area (Å²) < 4.78 is 4.66. The SMILES string of the molecule is Cc1c2ccccc2c2c3ccccc3n3c4csc5nc[n+](C)c(c1c23)c54. The molecule has 0 atom stereocenters. The van der Waals surface area contributed by atoms with E-state index in [0.717, 1.165) is 4.83 Å². The van der Waals surface area contributed by atoms with Crippen LogP contribution in [0.5, 0.6) is 0 Å². The Hall–Kier alpha value is -3.24. The van der Waals surface area contributed by atoms with Crippen molar-refractivity contribution in [3.8, 4) is 0 Å². The van der Waals surface area contributed by atoms with Crippen LogP contribution in [0.4, 0.5) is 0 Å². The van der Waals surface area contributed by atoms with E-state index in [9.17, 15) is 0 Å². The van der Waals surface area contributed by atoms with E-state index in [1.54, 1.807) is 11.3 Å². The van der Waals surface area contributed by atoms with Crippen molar-refractivity contribution in [2.24, 2.45) is 7.05 Å². The lowest BCUT2D eigenvalue weighted by molar-refractivity contribution is -0.646. The van der Waals surface area contributed by atoms with Gasteiger partial charge in [0, 0.05) is 16.2 Å². The minimum absolute atomic E-state index is 1.10. The third-order valence-corrected chi connectivity index (χ3v) is 7.13. The van der Waals surface area contributed by atoms with Gasteiger partial charge in [-0.15, -0.1) is 0 Å². The largest absolute Gasteiger partial charge is 0.307 e. The highest BCUT2D eigenvalue weighted by Crippen LogP contribution is 2.45. The minimum atomic E-state index is 1.10. The molecule has 4 heterocycles. The van der Waals surface area contributed by atoms with Gasteiger partial charge in [0.1, 0.15) is 5.39 Å². The number of nitrogens with zero attached hydrogens (tertiary/aromatic N) is 3. The highest BCUT2D eigenvalue weighted by molar-refractivity contribution is 7.17. The maximum atomic E-state index is 4.71. The number of pyridine rings is 1. The molecule has 0 spiro atoms. The summed E-state index contributed by atoms with van der Waals surface area (Å²) in [5.74, 6) is 0. The molecule has 3 nitrogen and oxygen atoms in total. The van der Waals surface area contributed by atoms with E-state index < -0.39 is 0 Å². The molecule has 0 fully saturated rings. The van der Waals surface area contributed by atoms with Crippen LogP contribution in [-0.4, -0.2) is 9.38 Å². The van der Waals surface area contributed by atoms with Gasteiger partial charge >= 0.3 is 0 Å². The van der Waals surface area contributed by atoms with Crippen molar-refractivity contribution in [2.45, 2.75) is 6.92 Å². The van der Waals surface area contributed by atoms with Crippen LogP contribution in [0.2, 0.25) is 0 Å². The normalized spacial score (nSPS) is 12.6. The number of thiophene rings is 1. The average Bonchev–Trinajstić information content (AvgIpc) is 3.29. The van der Waals surface area contributed by atoms with Crippen LogP contribution in [0.25, 0.3) is 59.2 Å². The van der Waals surface area contributed by atoms with Crippen molar-refractivity contribution in [3.63, 3.8) is 0 Å². The number of benzene rings is 3. The van der Waals surface area contributed by atoms with E-state index >= 15 is 0 Å². The van der Waals surface area contributed by atoms with Crippen molar-refractivity contribution < 1.29 is 4.57 Å². The van der Waals surface area contributed by atoms with Gasteiger partial charge in [-0.2, -0.15) is 0 Å². The van der Waals surface area contributed by atoms with Crippen LogP contribution in [-0.2, 0) is 7.05 Å². The number of aryl methyl sites for hydroxylation is 2. The second-order valence-corrected chi connectivity index (χ2v) is 8.49. The molecule has 0 aliphatic carbocycles. The smallest absolute Gasteiger partial charge is 0.288 e. The van der Waals surface area contributed by atoms with Crippen molar-refractivity contribution >= 4 is 70.6 Å². The molecular weight excluding hydrogens is 362 g/mol. The maximum absolute atomic E-state index is 4.71. The fourth-order valence-electron chi connectivity index (χ4n) is 5.13. The van der Waals surface area contributed by atoms with Gasteiger partial charge in [0.2, 0.25) is 4.83 Å². The Morgan fingerprint density at radius 1 is 0.857 bits per heavy atom. The topological polar surface area (TPSA) is 21.2 Å². The molecule has 7 aromatic rings. The van der Waals surface area contributed by atoms with Crippen molar-refractivity contribution in [3.05, 3.63) is 65.8 Å². The molecule has 0 unspecified atom stereocenters. The summed E-state index contributed by atoms with van der Waals surface area (Å²) in [5.41, 5.74) is 6.47. The zero-order valence-electron chi connectivity index (χ0n) is 15.5. The number of hydrogen-bond donors (Lipinski definition) is 0. The van der Waals surface area contributed by atoms with Crippen LogP contribution in [0.1, 0.15) is 5.56 Å². The highest BCUT2D eigenvalue weighted by Gasteiger charge is 2.26. The van der Waals surface area contributed by atoms with Gasteiger partial charge in [-0.3, -0.25) is 0 Å². The van der Waals surface area contributed by atoms with Crippen molar-refractivity contribution in [1.29, 1.82) is 0 Å². The number of hydrogen-bond acceptors (Lipinski definition) is 2. The van der Waals surface area contributed by atoms with Gasteiger partial charge in [-0.05, 0) is 34.3 Å². The second kappa shape index (κ2) is 4.78. The summed E-state index contributed by atoms with van der Waals surface area (Å²) in [5, 5.41) is 10.2. The van der Waals surface area contributed by atoms with Crippen LogP contribution in [0.15, 0.2) is 60.2 Å².